The number of aryl methyl sites for hydroxylation is 1. The van der Waals surface area contributed by atoms with Crippen LogP contribution in [-0.4, -0.2) is 61.6 Å². The summed E-state index contributed by atoms with van der Waals surface area (Å²) in [5.74, 6) is 0. The van der Waals surface area contributed by atoms with E-state index in [1.54, 1.807) is 0 Å². The molecule has 2 amide bonds. The van der Waals surface area contributed by atoms with Crippen molar-refractivity contribution >= 4 is 11.7 Å². The first-order valence-corrected chi connectivity index (χ1v) is 11.3. The van der Waals surface area contributed by atoms with Crippen LogP contribution in [-0.2, 0) is 13.0 Å². The summed E-state index contributed by atoms with van der Waals surface area (Å²) in [7, 11) is 0. The van der Waals surface area contributed by atoms with Gasteiger partial charge in [-0.2, -0.15) is 0 Å². The number of carbonyl (C=O) groups excluding carboxylic acids is 1. The molecule has 0 aromatic heterocycles. The van der Waals surface area contributed by atoms with Crippen molar-refractivity contribution in [2.75, 3.05) is 50.7 Å². The number of fused-ring (bicyclic) bond motifs is 1. The maximum Gasteiger partial charge on any atom is 0.317 e. The van der Waals surface area contributed by atoms with Gasteiger partial charge in [-0.3, -0.25) is 4.90 Å². The highest BCUT2D eigenvalue weighted by atomic mass is 16.2. The Bertz CT molecular complexity index is 845. The second-order valence-corrected chi connectivity index (χ2v) is 8.55. The molecule has 5 heteroatoms. The van der Waals surface area contributed by atoms with E-state index in [2.05, 4.69) is 70.6 Å². The van der Waals surface area contributed by atoms with Crippen LogP contribution in [0.15, 0.2) is 48.5 Å². The molecule has 0 bridgehead atoms. The van der Waals surface area contributed by atoms with Gasteiger partial charge in [0.2, 0.25) is 0 Å². The zero-order chi connectivity index (χ0) is 20.8. The van der Waals surface area contributed by atoms with Gasteiger partial charge < -0.3 is 15.1 Å². The second kappa shape index (κ2) is 9.98. The predicted molar refractivity (Wildman–Crippen MR) is 123 cm³/mol. The quantitative estimate of drug-likeness (QED) is 0.744. The Labute approximate surface area is 180 Å². The van der Waals surface area contributed by atoms with Crippen LogP contribution in [0.1, 0.15) is 29.5 Å². The van der Waals surface area contributed by atoms with Crippen molar-refractivity contribution in [3.63, 3.8) is 0 Å². The molecular formula is C25H34N4O. The molecule has 0 spiro atoms. The third kappa shape index (κ3) is 5.33. The number of nitrogens with one attached hydrogen (secondary N) is 1. The molecule has 0 unspecified atom stereocenters. The monoisotopic (exact) mass is 406 g/mol. The number of piperazine rings is 1. The number of amides is 2. The lowest BCUT2D eigenvalue weighted by Crippen LogP contribution is -2.46. The van der Waals surface area contributed by atoms with Crippen LogP contribution in [0.3, 0.4) is 0 Å². The lowest BCUT2D eigenvalue weighted by Gasteiger charge is -2.36. The van der Waals surface area contributed by atoms with E-state index >= 15 is 0 Å². The molecule has 2 heterocycles. The third-order valence-corrected chi connectivity index (χ3v) is 6.33. The Balaban J connectivity index is 1.10. The first-order chi connectivity index (χ1) is 14.7. The molecule has 1 fully saturated rings. The Morgan fingerprint density at radius 3 is 2.53 bits per heavy atom. The summed E-state index contributed by atoms with van der Waals surface area (Å²) in [6, 6.07) is 17.3. The van der Waals surface area contributed by atoms with Gasteiger partial charge in [0.25, 0.3) is 0 Å². The highest BCUT2D eigenvalue weighted by Crippen LogP contribution is 2.19. The number of nitrogens with zero attached hydrogens (tertiary/aromatic N) is 3. The lowest BCUT2D eigenvalue weighted by molar-refractivity contribution is 0.191. The molecule has 2 aromatic rings. The number of anilines is 1. The minimum absolute atomic E-state index is 0.0799. The van der Waals surface area contributed by atoms with E-state index in [-0.39, 0.29) is 6.03 Å². The van der Waals surface area contributed by atoms with Crippen LogP contribution >= 0.6 is 0 Å². The summed E-state index contributed by atoms with van der Waals surface area (Å²) in [5, 5.41) is 3.11. The maximum atomic E-state index is 12.5. The lowest BCUT2D eigenvalue weighted by atomic mass is 10.0. The molecule has 2 aliphatic heterocycles. The largest absolute Gasteiger partial charge is 0.369 e. The van der Waals surface area contributed by atoms with E-state index in [0.717, 1.165) is 71.6 Å². The van der Waals surface area contributed by atoms with Crippen LogP contribution < -0.4 is 10.2 Å². The summed E-state index contributed by atoms with van der Waals surface area (Å²) in [6.45, 7) is 10.0. The van der Waals surface area contributed by atoms with Crippen LogP contribution in [0.25, 0.3) is 0 Å². The van der Waals surface area contributed by atoms with Gasteiger partial charge in [0.1, 0.15) is 0 Å². The topological polar surface area (TPSA) is 38.8 Å². The number of urea groups is 1. The normalized spacial score (nSPS) is 17.0. The average molecular weight is 407 g/mol. The molecule has 1 saturated heterocycles. The first-order valence-electron chi connectivity index (χ1n) is 11.3. The molecule has 4 rings (SSSR count). The minimum atomic E-state index is 0.0799. The zero-order valence-corrected chi connectivity index (χ0v) is 18.1. The summed E-state index contributed by atoms with van der Waals surface area (Å²) in [6.07, 6.45) is 3.12. The Hall–Kier alpha value is -2.53. The van der Waals surface area contributed by atoms with Crippen molar-refractivity contribution in [3.8, 4) is 0 Å². The molecule has 2 aromatic carbocycles. The highest BCUT2D eigenvalue weighted by molar-refractivity contribution is 5.74. The van der Waals surface area contributed by atoms with Crippen molar-refractivity contribution in [2.24, 2.45) is 0 Å². The number of benzene rings is 2. The van der Waals surface area contributed by atoms with Gasteiger partial charge in [-0.1, -0.05) is 36.4 Å². The van der Waals surface area contributed by atoms with Crippen molar-refractivity contribution in [1.29, 1.82) is 0 Å². The van der Waals surface area contributed by atoms with E-state index in [1.807, 2.05) is 4.90 Å². The summed E-state index contributed by atoms with van der Waals surface area (Å²) in [4.78, 5) is 19.4. The van der Waals surface area contributed by atoms with Crippen molar-refractivity contribution in [1.82, 2.24) is 15.1 Å². The SMILES string of the molecule is Cc1cccc(N2CCN(CCCCNC(=O)N3CCc4ccccc4C3)CC2)c1. The minimum Gasteiger partial charge on any atom is -0.369 e. The number of carbonyl (C=O) groups is 1. The van der Waals surface area contributed by atoms with Gasteiger partial charge in [-0.05, 0) is 61.6 Å². The first kappa shape index (κ1) is 20.7. The van der Waals surface area contributed by atoms with E-state index in [1.165, 1.54) is 22.4 Å². The highest BCUT2D eigenvalue weighted by Gasteiger charge is 2.20. The number of hydrogen-bond donors (Lipinski definition) is 1. The van der Waals surface area contributed by atoms with E-state index in [0.29, 0.717) is 0 Å². The van der Waals surface area contributed by atoms with Gasteiger partial charge in [-0.15, -0.1) is 0 Å². The van der Waals surface area contributed by atoms with Crippen LogP contribution in [0.4, 0.5) is 10.5 Å². The molecule has 0 saturated carbocycles. The fourth-order valence-corrected chi connectivity index (χ4v) is 4.49. The Kier molecular flexibility index (Phi) is 6.90. The molecule has 2 aliphatic rings. The van der Waals surface area contributed by atoms with Crippen LogP contribution in [0, 0.1) is 6.92 Å². The van der Waals surface area contributed by atoms with Crippen molar-refractivity contribution < 1.29 is 4.79 Å². The number of unbranched alkanes of at least 4 members (excludes halogenated alkanes) is 1. The second-order valence-electron chi connectivity index (χ2n) is 8.55. The van der Waals surface area contributed by atoms with E-state index in [9.17, 15) is 4.79 Å². The van der Waals surface area contributed by atoms with Gasteiger partial charge >= 0.3 is 6.03 Å². The molecule has 0 radical (unpaired) electrons. The van der Waals surface area contributed by atoms with Gasteiger partial charge in [0, 0.05) is 51.5 Å². The molecule has 160 valence electrons. The summed E-state index contributed by atoms with van der Waals surface area (Å²) in [5.41, 5.74) is 5.33. The molecule has 0 atom stereocenters. The molecule has 5 nitrogen and oxygen atoms in total. The average Bonchev–Trinajstić information content (AvgIpc) is 2.79. The molecular weight excluding hydrogens is 372 g/mol. The molecule has 0 aliphatic carbocycles. The standard InChI is InChI=1S/C25H34N4O/c1-21-7-6-10-24(19-21)28-17-15-27(16-18-28)13-5-4-12-26-25(30)29-14-11-22-8-2-3-9-23(22)20-29/h2-3,6-10,19H,4-5,11-18,20H2,1H3,(H,26,30). The van der Waals surface area contributed by atoms with Crippen molar-refractivity contribution in [3.05, 3.63) is 65.2 Å². The molecule has 1 N–H and O–H groups in total. The Morgan fingerprint density at radius 2 is 1.73 bits per heavy atom. The third-order valence-electron chi connectivity index (χ3n) is 6.33. The maximum absolute atomic E-state index is 12.5. The zero-order valence-electron chi connectivity index (χ0n) is 18.1. The van der Waals surface area contributed by atoms with Gasteiger partial charge in [-0.25, -0.2) is 4.79 Å². The molecule has 30 heavy (non-hydrogen) atoms. The van der Waals surface area contributed by atoms with Crippen molar-refractivity contribution in [2.45, 2.75) is 32.7 Å². The summed E-state index contributed by atoms with van der Waals surface area (Å²) >= 11 is 0. The number of hydrogen-bond acceptors (Lipinski definition) is 3. The Morgan fingerprint density at radius 1 is 0.933 bits per heavy atom. The van der Waals surface area contributed by atoms with Gasteiger partial charge in [0.15, 0.2) is 0 Å². The smallest absolute Gasteiger partial charge is 0.317 e. The van der Waals surface area contributed by atoms with E-state index < -0.39 is 0 Å². The fourth-order valence-electron chi connectivity index (χ4n) is 4.49. The predicted octanol–water partition coefficient (Wildman–Crippen LogP) is 3.67. The van der Waals surface area contributed by atoms with Crippen LogP contribution in [0.5, 0.6) is 0 Å². The number of rotatable bonds is 6. The summed E-state index contributed by atoms with van der Waals surface area (Å²) < 4.78 is 0. The van der Waals surface area contributed by atoms with Gasteiger partial charge in [0.05, 0.1) is 0 Å². The fraction of sp³-hybridized carbons (Fsp3) is 0.480. The van der Waals surface area contributed by atoms with E-state index in [4.69, 9.17) is 0 Å². The van der Waals surface area contributed by atoms with Crippen LogP contribution in [0.2, 0.25) is 0 Å².